The Morgan fingerprint density at radius 3 is 2.61 bits per heavy atom. The lowest BCUT2D eigenvalue weighted by atomic mass is 10.2. The second-order valence-electron chi connectivity index (χ2n) is 7.39. The molecule has 162 valence electrons. The van der Waals surface area contributed by atoms with Crippen LogP contribution < -0.4 is 4.80 Å². The molecule has 9 nitrogen and oxygen atoms in total. The lowest BCUT2D eigenvalue weighted by Gasteiger charge is -2.21. The summed E-state index contributed by atoms with van der Waals surface area (Å²) in [5.74, 6) is -0.537. The standard InChI is InChI=1S/C20H20N4O5S2/c1-13-5-8-15(9-6-13)31(28,29)23-11-3-4-17(23)19(25)21-20-22(2)16-10-7-14(24(26)27)12-18(16)30-20/h5-10,12,17H,3-4,11H2,1-2H3. The number of fused-ring (bicyclic) bond motifs is 1. The third kappa shape index (κ3) is 3.91. The van der Waals surface area contributed by atoms with E-state index in [-0.39, 0.29) is 17.1 Å². The number of sulfonamides is 1. The summed E-state index contributed by atoms with van der Waals surface area (Å²) in [6.07, 6.45) is 0.968. The molecule has 2 heterocycles. The number of aromatic nitrogens is 1. The number of carbonyl (C=O) groups excluding carboxylic acids is 1. The maximum Gasteiger partial charge on any atom is 0.270 e. The van der Waals surface area contributed by atoms with Gasteiger partial charge in [-0.1, -0.05) is 29.0 Å². The van der Waals surface area contributed by atoms with Crippen LogP contribution in [0.1, 0.15) is 18.4 Å². The number of non-ortho nitro benzene ring substituents is 1. The fraction of sp³-hybridized carbons (Fsp3) is 0.300. The molecule has 1 aromatic heterocycles. The van der Waals surface area contributed by atoms with Crippen LogP contribution in [0, 0.1) is 17.0 Å². The van der Waals surface area contributed by atoms with E-state index in [4.69, 9.17) is 0 Å². The number of amides is 1. The normalized spacial score (nSPS) is 18.0. The van der Waals surface area contributed by atoms with Crippen molar-refractivity contribution in [1.82, 2.24) is 8.87 Å². The van der Waals surface area contributed by atoms with Crippen LogP contribution in [0.25, 0.3) is 10.2 Å². The van der Waals surface area contributed by atoms with E-state index < -0.39 is 26.9 Å². The fourth-order valence-corrected chi connectivity index (χ4v) is 6.34. The molecular formula is C20H20N4O5S2. The summed E-state index contributed by atoms with van der Waals surface area (Å²) >= 11 is 1.15. The van der Waals surface area contributed by atoms with Gasteiger partial charge in [-0.2, -0.15) is 9.30 Å². The Hall–Kier alpha value is -2.89. The molecule has 1 atom stereocenters. The molecule has 3 aromatic rings. The summed E-state index contributed by atoms with van der Waals surface area (Å²) in [5.41, 5.74) is 1.61. The lowest BCUT2D eigenvalue weighted by molar-refractivity contribution is -0.384. The van der Waals surface area contributed by atoms with E-state index in [0.717, 1.165) is 16.9 Å². The summed E-state index contributed by atoms with van der Waals surface area (Å²) < 4.78 is 29.7. The van der Waals surface area contributed by atoms with Crippen LogP contribution >= 0.6 is 11.3 Å². The highest BCUT2D eigenvalue weighted by Crippen LogP contribution is 2.27. The van der Waals surface area contributed by atoms with E-state index >= 15 is 0 Å². The van der Waals surface area contributed by atoms with E-state index in [1.165, 1.54) is 16.4 Å². The molecule has 31 heavy (non-hydrogen) atoms. The van der Waals surface area contributed by atoms with E-state index in [0.29, 0.717) is 27.9 Å². The zero-order valence-corrected chi connectivity index (χ0v) is 18.5. The Balaban J connectivity index is 1.69. The predicted octanol–water partition coefficient (Wildman–Crippen LogP) is 2.74. The van der Waals surface area contributed by atoms with Crippen molar-refractivity contribution >= 4 is 43.2 Å². The Morgan fingerprint density at radius 1 is 1.23 bits per heavy atom. The Kier molecular flexibility index (Phi) is 5.50. The largest absolute Gasteiger partial charge is 0.319 e. The van der Waals surface area contributed by atoms with Crippen molar-refractivity contribution in [3.05, 3.63) is 62.9 Å². The number of hydrogen-bond acceptors (Lipinski definition) is 6. The minimum Gasteiger partial charge on any atom is -0.319 e. The number of benzene rings is 2. The van der Waals surface area contributed by atoms with Crippen molar-refractivity contribution in [2.24, 2.45) is 12.0 Å². The van der Waals surface area contributed by atoms with Crippen LogP contribution in [-0.2, 0) is 21.9 Å². The molecule has 0 radical (unpaired) electrons. The smallest absolute Gasteiger partial charge is 0.270 e. The van der Waals surface area contributed by atoms with Crippen molar-refractivity contribution in [3.63, 3.8) is 0 Å². The van der Waals surface area contributed by atoms with Crippen LogP contribution in [0.4, 0.5) is 5.69 Å². The maximum atomic E-state index is 13.1. The van der Waals surface area contributed by atoms with Crippen LogP contribution in [0.5, 0.6) is 0 Å². The SMILES string of the molecule is Cc1ccc(S(=O)(=O)N2CCCC2C(=O)N=c2sc3cc([N+](=O)[O-])ccc3n2C)cc1. The average molecular weight is 461 g/mol. The van der Waals surface area contributed by atoms with E-state index in [9.17, 15) is 23.3 Å². The molecule has 1 saturated heterocycles. The first kappa shape index (κ1) is 21.3. The highest BCUT2D eigenvalue weighted by molar-refractivity contribution is 7.89. The van der Waals surface area contributed by atoms with Crippen LogP contribution in [0.2, 0.25) is 0 Å². The molecule has 0 aliphatic carbocycles. The Morgan fingerprint density at radius 2 is 1.94 bits per heavy atom. The average Bonchev–Trinajstić information content (AvgIpc) is 3.34. The van der Waals surface area contributed by atoms with Gasteiger partial charge < -0.3 is 4.57 Å². The van der Waals surface area contributed by atoms with Crippen LogP contribution in [0.3, 0.4) is 0 Å². The predicted molar refractivity (Wildman–Crippen MR) is 116 cm³/mol. The molecule has 0 bridgehead atoms. The molecular weight excluding hydrogens is 440 g/mol. The van der Waals surface area contributed by atoms with E-state index in [1.807, 2.05) is 6.92 Å². The van der Waals surface area contributed by atoms with E-state index in [1.54, 1.807) is 41.9 Å². The quantitative estimate of drug-likeness (QED) is 0.439. The van der Waals surface area contributed by atoms with Gasteiger partial charge in [-0.05, 0) is 38.0 Å². The first-order valence-corrected chi connectivity index (χ1v) is 11.9. The highest BCUT2D eigenvalue weighted by Gasteiger charge is 2.39. The number of nitrogens with zero attached hydrogens (tertiary/aromatic N) is 4. The fourth-order valence-electron chi connectivity index (χ4n) is 3.63. The zero-order chi connectivity index (χ0) is 22.3. The molecule has 4 rings (SSSR count). The maximum absolute atomic E-state index is 13.1. The molecule has 0 spiro atoms. The van der Waals surface area contributed by atoms with Crippen LogP contribution in [-0.4, -0.2) is 40.7 Å². The van der Waals surface area contributed by atoms with Gasteiger partial charge in [0.15, 0.2) is 4.80 Å². The first-order chi connectivity index (χ1) is 14.7. The number of aryl methyl sites for hydroxylation is 2. The van der Waals surface area contributed by atoms with Gasteiger partial charge in [-0.3, -0.25) is 14.9 Å². The summed E-state index contributed by atoms with van der Waals surface area (Å²) in [4.78, 5) is 28.2. The number of nitro groups is 1. The van der Waals surface area contributed by atoms with Crippen molar-refractivity contribution in [1.29, 1.82) is 0 Å². The summed E-state index contributed by atoms with van der Waals surface area (Å²) in [6, 6.07) is 10.1. The third-order valence-corrected chi connectivity index (χ3v) is 8.34. The van der Waals surface area contributed by atoms with Gasteiger partial charge in [-0.25, -0.2) is 8.42 Å². The summed E-state index contributed by atoms with van der Waals surface area (Å²) in [7, 11) is -2.10. The molecule has 1 fully saturated rings. The number of rotatable bonds is 4. The van der Waals surface area contributed by atoms with Crippen molar-refractivity contribution < 1.29 is 18.1 Å². The second kappa shape index (κ2) is 7.98. The number of nitro benzene ring substituents is 1. The number of thiazole rings is 1. The number of hydrogen-bond donors (Lipinski definition) is 0. The summed E-state index contributed by atoms with van der Waals surface area (Å²) in [6.45, 7) is 2.13. The summed E-state index contributed by atoms with van der Waals surface area (Å²) in [5, 5.41) is 11.0. The molecule has 1 unspecified atom stereocenters. The van der Waals surface area contributed by atoms with Gasteiger partial charge in [0.25, 0.3) is 11.6 Å². The topological polar surface area (TPSA) is 115 Å². The highest BCUT2D eigenvalue weighted by atomic mass is 32.2. The molecule has 0 saturated carbocycles. The van der Waals surface area contributed by atoms with Gasteiger partial charge >= 0.3 is 0 Å². The van der Waals surface area contributed by atoms with Crippen LogP contribution in [0.15, 0.2) is 52.4 Å². The first-order valence-electron chi connectivity index (χ1n) is 9.59. The van der Waals surface area contributed by atoms with Gasteiger partial charge in [0.05, 0.1) is 20.0 Å². The van der Waals surface area contributed by atoms with Crippen molar-refractivity contribution in [2.75, 3.05) is 6.54 Å². The molecule has 0 N–H and O–H groups in total. The van der Waals surface area contributed by atoms with E-state index in [2.05, 4.69) is 4.99 Å². The van der Waals surface area contributed by atoms with Gasteiger partial charge in [0.2, 0.25) is 10.0 Å². The van der Waals surface area contributed by atoms with Gasteiger partial charge in [-0.15, -0.1) is 0 Å². The monoisotopic (exact) mass is 460 g/mol. The second-order valence-corrected chi connectivity index (χ2v) is 10.3. The minimum absolute atomic E-state index is 0.0432. The lowest BCUT2D eigenvalue weighted by Crippen LogP contribution is -2.40. The third-order valence-electron chi connectivity index (χ3n) is 5.33. The zero-order valence-electron chi connectivity index (χ0n) is 16.9. The number of carbonyl (C=O) groups is 1. The molecule has 11 heteroatoms. The molecule has 1 aliphatic rings. The van der Waals surface area contributed by atoms with Gasteiger partial charge in [0, 0.05) is 25.7 Å². The minimum atomic E-state index is -3.82. The van der Waals surface area contributed by atoms with Gasteiger partial charge in [0.1, 0.15) is 6.04 Å². The van der Waals surface area contributed by atoms with Crippen molar-refractivity contribution in [3.8, 4) is 0 Å². The Bertz CT molecular complexity index is 1360. The Labute approximate surface area is 182 Å². The molecule has 1 amide bonds. The van der Waals surface area contributed by atoms with Crippen molar-refractivity contribution in [2.45, 2.75) is 30.7 Å². The molecule has 1 aliphatic heterocycles. The molecule has 2 aromatic carbocycles.